The Labute approximate surface area is 797 Å². The highest BCUT2D eigenvalue weighted by atomic mass is 79.9. The number of fused-ring (bicyclic) bond motifs is 4. The van der Waals surface area contributed by atoms with Gasteiger partial charge in [0.1, 0.15) is 43.4 Å². The van der Waals surface area contributed by atoms with E-state index in [4.69, 9.17) is 41.9 Å². The Morgan fingerprint density at radius 2 is 0.842 bits per heavy atom. The number of nitro groups is 3. The molecule has 724 valence electrons. The number of nitrogens with one attached hydrogen (secondary N) is 3. The van der Waals surface area contributed by atoms with Crippen LogP contribution in [0.15, 0.2) is 101 Å². The molecule has 5 aliphatic rings. The summed E-state index contributed by atoms with van der Waals surface area (Å²) in [6.07, 6.45) is 5.14. The lowest BCUT2D eigenvalue weighted by atomic mass is 9.80. The fourth-order valence-electron chi connectivity index (χ4n) is 13.1. The summed E-state index contributed by atoms with van der Waals surface area (Å²) in [5.41, 5.74) is 15.5. The molecule has 51 heteroatoms. The molecule has 0 spiro atoms. The van der Waals surface area contributed by atoms with E-state index in [1.165, 1.54) is 45.9 Å². The number of nitrogens with zero attached hydrogens (tertiary/aromatic N) is 22. The number of alkyl halides is 1. The number of halogens is 4. The lowest BCUT2D eigenvalue weighted by Gasteiger charge is -2.32. The smallest absolute Gasteiger partial charge is 0.465 e. The molecule has 9 aromatic rings. The number of aromatic nitrogens is 15. The van der Waals surface area contributed by atoms with Gasteiger partial charge in [0.15, 0.2) is 24.7 Å². The fraction of sp³-hybridized carbons (Fsp3) is 0.524. The Balaban J connectivity index is 0.000000215. The van der Waals surface area contributed by atoms with Crippen molar-refractivity contribution >= 4 is 154 Å². The van der Waals surface area contributed by atoms with Crippen molar-refractivity contribution in [1.82, 2.24) is 97.3 Å². The van der Waals surface area contributed by atoms with Gasteiger partial charge < -0.3 is 110 Å². The number of carbonyl (C=O) groups is 6. The molecule has 46 nitrogen and oxygen atoms in total. The van der Waals surface area contributed by atoms with Crippen molar-refractivity contribution in [2.24, 2.45) is 26.9 Å². The molecule has 14 rings (SSSR count). The standard InChI is InChI=1S/C21H30BN5O4.C15H18BrN5O2.C11H18N4O4.C9H12N4O3.C9H14N4O.C8H10ClN3O4.C6H5Br2NO.C3H9N/c1-13(2)26-11-15-9-17(24-27(15)12-18(26)28)23-16-8-14(10-25(7)19(16)29)22-30-20(3,4)21(5,6)31-22;1-9(2)20-7-11-5-13(18-21(11)8-14(20)22)17-12-4-10(16)6-19(3)15(12)23;1-4-19-11(16)7-14-9(6-12-8(2)3)5-10(13-14)15(17)18;1-6(2)11-4-7-3-8(13(15)16)10-12(7)5-9(11)14;1-6(2)12-4-7-3-8(10)11-13(7)5-9(12)14;1-2-16-8(13)5-11-6(4-9)3-7(10-11)12(14)15;1-9-3-4(7)2-5(8)6(9)10;1-3(2)4/h8-10,13H,11-12H2,1-7H3,(H,23,24);4-6,9H,7-8H2,1-3H3,(H,17,18);5,8,12H,4,6-7H2,1-3H3;3,6H,4-5H2,1-2H3;3,6H,4-5H2,1-2H3,(H2,10,11);3H,2,4-5H2,1H3;2-3H,1H3;3H,4H2,1-2H3. The normalized spacial score (nSPS) is 14.4. The lowest BCUT2D eigenvalue weighted by molar-refractivity contribution is -0.390. The molecular formula is C82H116BBr3ClN27O19. The molecule has 0 aromatic carbocycles. The largest absolute Gasteiger partial charge is 0.496 e. The van der Waals surface area contributed by atoms with Gasteiger partial charge in [-0.05, 0) is 184 Å². The molecule has 9 aromatic heterocycles. The number of ether oxygens (including phenoxy) is 2. The van der Waals surface area contributed by atoms with E-state index < -0.39 is 45.0 Å². The quantitative estimate of drug-likeness (QED) is 0.0140. The first-order valence-electron chi connectivity index (χ1n) is 42.3. The number of esters is 2. The van der Waals surface area contributed by atoms with Crippen molar-refractivity contribution < 1.29 is 62.3 Å². The van der Waals surface area contributed by atoms with E-state index in [9.17, 15) is 73.5 Å². The summed E-state index contributed by atoms with van der Waals surface area (Å²) >= 11 is 15.3. The van der Waals surface area contributed by atoms with Crippen molar-refractivity contribution in [3.05, 3.63) is 182 Å². The number of hydrogen-bond donors (Lipinski definition) is 5. The Morgan fingerprint density at radius 1 is 0.496 bits per heavy atom. The van der Waals surface area contributed by atoms with Crippen LogP contribution in [0.2, 0.25) is 0 Å². The first kappa shape index (κ1) is 108. The zero-order valence-corrected chi connectivity index (χ0v) is 83.6. The predicted octanol–water partition coefficient (Wildman–Crippen LogP) is 8.18. The van der Waals surface area contributed by atoms with Gasteiger partial charge in [-0.15, -0.1) is 11.6 Å². The van der Waals surface area contributed by atoms with Gasteiger partial charge in [-0.3, -0.25) is 47.6 Å². The Hall–Kier alpha value is -11.8. The van der Waals surface area contributed by atoms with Gasteiger partial charge in [0.25, 0.3) is 16.7 Å². The number of nitrogen functional groups attached to an aromatic ring is 1. The molecule has 7 N–H and O–H groups in total. The maximum atomic E-state index is 12.8. The summed E-state index contributed by atoms with van der Waals surface area (Å²) < 4.78 is 37.5. The number of anilines is 5. The number of carbonyl (C=O) groups excluding carboxylic acids is 6. The average Bonchev–Trinajstić information content (AvgIpc) is 1.62. The van der Waals surface area contributed by atoms with Gasteiger partial charge in [-0.1, -0.05) is 27.7 Å². The molecule has 1 fully saturated rings. The van der Waals surface area contributed by atoms with Crippen molar-refractivity contribution in [3.8, 4) is 0 Å². The molecule has 5 aliphatic heterocycles. The first-order valence-corrected chi connectivity index (χ1v) is 45.2. The van der Waals surface area contributed by atoms with E-state index >= 15 is 0 Å². The van der Waals surface area contributed by atoms with Gasteiger partial charge >= 0.3 is 36.5 Å². The van der Waals surface area contributed by atoms with Gasteiger partial charge in [0.05, 0.1) is 129 Å². The third-order valence-electron chi connectivity index (χ3n) is 20.5. The van der Waals surface area contributed by atoms with Crippen LogP contribution in [0.25, 0.3) is 0 Å². The van der Waals surface area contributed by atoms with Crippen LogP contribution in [-0.2, 0) is 147 Å². The number of rotatable bonds is 22. The van der Waals surface area contributed by atoms with Crippen LogP contribution in [-0.4, -0.2) is 210 Å². The summed E-state index contributed by atoms with van der Waals surface area (Å²) in [4.78, 5) is 143. The molecule has 14 heterocycles. The number of hydrogen-bond acceptors (Lipinski definition) is 30. The van der Waals surface area contributed by atoms with Crippen LogP contribution in [0.5, 0.6) is 0 Å². The molecule has 133 heavy (non-hydrogen) atoms. The van der Waals surface area contributed by atoms with Gasteiger partial charge in [-0.2, -0.15) is 29.3 Å². The minimum absolute atomic E-state index is 0.0248. The number of aryl methyl sites for hydroxylation is 3. The van der Waals surface area contributed by atoms with Crippen molar-refractivity contribution in [1.29, 1.82) is 0 Å². The predicted molar refractivity (Wildman–Crippen MR) is 505 cm³/mol. The topological polar surface area (TPSA) is 543 Å². The maximum Gasteiger partial charge on any atom is 0.496 e. The van der Waals surface area contributed by atoms with E-state index in [2.05, 4.69) is 94.3 Å². The monoisotopic (exact) mass is 2070 g/mol. The zero-order chi connectivity index (χ0) is 99.4. The third kappa shape index (κ3) is 30.1. The Kier molecular flexibility index (Phi) is 38.8. The van der Waals surface area contributed by atoms with Crippen LogP contribution in [0, 0.1) is 30.3 Å². The fourth-order valence-corrected chi connectivity index (χ4v) is 15.2. The van der Waals surface area contributed by atoms with Crippen molar-refractivity contribution in [3.63, 3.8) is 0 Å². The minimum atomic E-state index is -0.641. The van der Waals surface area contributed by atoms with E-state index in [1.807, 2.05) is 144 Å². The lowest BCUT2D eigenvalue weighted by Crippen LogP contribution is -2.43. The first-order chi connectivity index (χ1) is 62.1. The van der Waals surface area contributed by atoms with Gasteiger partial charge in [-0.25, -0.2) is 9.59 Å². The molecular weight excluding hydrogens is 1950 g/mol. The molecule has 0 atom stereocenters. The van der Waals surface area contributed by atoms with Crippen molar-refractivity contribution in [2.45, 2.75) is 250 Å². The van der Waals surface area contributed by atoms with E-state index in [-0.39, 0.29) is 140 Å². The highest BCUT2D eigenvalue weighted by molar-refractivity contribution is 9.11. The summed E-state index contributed by atoms with van der Waals surface area (Å²) in [7, 11) is 4.51. The van der Waals surface area contributed by atoms with Gasteiger partial charge in [0, 0.05) is 109 Å². The van der Waals surface area contributed by atoms with Crippen LogP contribution in [0.4, 0.5) is 46.3 Å². The van der Waals surface area contributed by atoms with E-state index in [1.54, 1.807) is 90.7 Å². The SMILES string of the molecule is CC(C)N.CC(C)N1Cc2cc(N)nn2CC1=O.CC(C)N1Cc2cc(Nc3cc(B4OC(C)(C)C(C)(C)O4)cn(C)c3=O)nn2CC1=O.CC(C)N1Cc2cc(Nc3cc(Br)cn(C)c3=O)nn2CC1=O.CC(C)N1Cc2cc([N+](=O)[O-])nn2CC1=O.CCOC(=O)Cn1nc([N+](=O)[O-])cc1CCl.CCOC(=O)Cn1nc([N+](=O)[O-])cc1CNC(C)C.Cn1cc(Br)cc(Br)c1=O. The summed E-state index contributed by atoms with van der Waals surface area (Å²) in [5, 5.41) is 65.1. The summed E-state index contributed by atoms with van der Waals surface area (Å²) in [6, 6.07) is 15.9. The third-order valence-corrected chi connectivity index (χ3v) is 22.2. The number of pyridine rings is 3. The van der Waals surface area contributed by atoms with Crippen molar-refractivity contribution in [2.75, 3.05) is 29.6 Å². The second-order valence-electron chi connectivity index (χ2n) is 33.6. The highest BCUT2D eigenvalue weighted by Gasteiger charge is 2.52. The molecule has 1 saturated heterocycles. The molecule has 0 bridgehead atoms. The van der Waals surface area contributed by atoms with Crippen LogP contribution in [0.3, 0.4) is 0 Å². The maximum absolute atomic E-state index is 12.8. The zero-order valence-electron chi connectivity index (χ0n) is 78.1. The van der Waals surface area contributed by atoms with Crippen LogP contribution < -0.4 is 49.6 Å². The molecule has 0 radical (unpaired) electrons. The molecule has 0 aliphatic carbocycles. The highest BCUT2D eigenvalue weighted by Crippen LogP contribution is 2.37. The van der Waals surface area contributed by atoms with E-state index in [0.29, 0.717) is 95.7 Å². The molecule has 0 saturated carbocycles. The molecule has 4 amide bonds. The summed E-state index contributed by atoms with van der Waals surface area (Å²) in [6.45, 7) is 38.4. The minimum Gasteiger partial charge on any atom is -0.465 e. The second kappa shape index (κ2) is 47.7. The molecule has 0 unspecified atom stereocenters. The Morgan fingerprint density at radius 3 is 1.23 bits per heavy atom. The second-order valence-corrected chi connectivity index (χ2v) is 36.6. The van der Waals surface area contributed by atoms with E-state index in [0.717, 1.165) is 31.5 Å². The average molecular weight is 2070 g/mol. The van der Waals surface area contributed by atoms with Crippen LogP contribution in [0.1, 0.15) is 159 Å². The van der Waals surface area contributed by atoms with Gasteiger partial charge in [0.2, 0.25) is 23.6 Å². The number of amides is 4. The van der Waals surface area contributed by atoms with Crippen LogP contribution >= 0.6 is 59.4 Å². The Bertz CT molecular complexity index is 5800. The summed E-state index contributed by atoms with van der Waals surface area (Å²) in [5.74, 6) is -0.0207. The number of nitrogens with two attached hydrogens (primary N) is 2.